The molecule has 1 aromatic heterocycles. The SMILES string of the molecule is C=C(CN)c1ccco1. The van der Waals surface area contributed by atoms with Gasteiger partial charge in [-0.3, -0.25) is 0 Å². The fraction of sp³-hybridized carbons (Fsp3) is 0.143. The smallest absolute Gasteiger partial charge is 0.130 e. The summed E-state index contributed by atoms with van der Waals surface area (Å²) >= 11 is 0. The Hall–Kier alpha value is -1.02. The molecule has 0 bridgehead atoms. The Balaban J connectivity index is 2.77. The van der Waals surface area contributed by atoms with E-state index in [0.29, 0.717) is 6.54 Å². The fourth-order valence-corrected chi connectivity index (χ4v) is 0.580. The maximum atomic E-state index is 5.30. The van der Waals surface area contributed by atoms with E-state index in [4.69, 9.17) is 10.2 Å². The molecule has 2 nitrogen and oxygen atoms in total. The lowest BCUT2D eigenvalue weighted by molar-refractivity contribution is 0.552. The summed E-state index contributed by atoms with van der Waals surface area (Å²) in [5.41, 5.74) is 6.14. The van der Waals surface area contributed by atoms with Gasteiger partial charge in [0.1, 0.15) is 5.76 Å². The second kappa shape index (κ2) is 2.51. The van der Waals surface area contributed by atoms with Gasteiger partial charge in [0.15, 0.2) is 0 Å². The molecule has 0 aliphatic rings. The minimum Gasteiger partial charge on any atom is -0.465 e. The lowest BCUT2D eigenvalue weighted by Gasteiger charge is -1.93. The molecule has 0 fully saturated rings. The highest BCUT2D eigenvalue weighted by atomic mass is 16.3. The zero-order valence-corrected chi connectivity index (χ0v) is 5.13. The molecule has 2 N–H and O–H groups in total. The van der Waals surface area contributed by atoms with Gasteiger partial charge in [-0.1, -0.05) is 6.58 Å². The number of hydrogen-bond donors (Lipinski definition) is 1. The van der Waals surface area contributed by atoms with Crippen LogP contribution in [0.3, 0.4) is 0 Å². The summed E-state index contributed by atoms with van der Waals surface area (Å²) in [6.07, 6.45) is 1.61. The van der Waals surface area contributed by atoms with Crippen LogP contribution in [-0.2, 0) is 0 Å². The van der Waals surface area contributed by atoms with Gasteiger partial charge >= 0.3 is 0 Å². The lowest BCUT2D eigenvalue weighted by atomic mass is 10.2. The molecule has 2 heteroatoms. The predicted molar refractivity (Wildman–Crippen MR) is 36.8 cm³/mol. The van der Waals surface area contributed by atoms with Crippen LogP contribution in [0.5, 0.6) is 0 Å². The van der Waals surface area contributed by atoms with E-state index in [1.807, 2.05) is 12.1 Å². The average Bonchev–Trinajstić information content (AvgIpc) is 2.37. The number of furan rings is 1. The minimum absolute atomic E-state index is 0.452. The normalized spacial score (nSPS) is 9.44. The van der Waals surface area contributed by atoms with Crippen LogP contribution in [0.15, 0.2) is 29.4 Å². The van der Waals surface area contributed by atoms with Crippen molar-refractivity contribution >= 4 is 5.57 Å². The molecule has 1 heterocycles. The Labute approximate surface area is 54.0 Å². The summed E-state index contributed by atoms with van der Waals surface area (Å²) in [4.78, 5) is 0. The van der Waals surface area contributed by atoms with E-state index in [1.54, 1.807) is 6.26 Å². The van der Waals surface area contributed by atoms with Crippen molar-refractivity contribution in [3.05, 3.63) is 30.7 Å². The molecule has 0 aliphatic heterocycles. The Kier molecular flexibility index (Phi) is 1.70. The minimum atomic E-state index is 0.452. The first kappa shape index (κ1) is 6.11. The lowest BCUT2D eigenvalue weighted by Crippen LogP contribution is -1.99. The summed E-state index contributed by atoms with van der Waals surface area (Å²) in [5.74, 6) is 0.775. The van der Waals surface area contributed by atoms with Gasteiger partial charge in [-0.15, -0.1) is 0 Å². The molecule has 1 rings (SSSR count). The van der Waals surface area contributed by atoms with Crippen LogP contribution in [0.4, 0.5) is 0 Å². The molecule has 0 aliphatic carbocycles. The van der Waals surface area contributed by atoms with E-state index in [2.05, 4.69) is 6.58 Å². The van der Waals surface area contributed by atoms with Crippen LogP contribution in [0.1, 0.15) is 5.76 Å². The quantitative estimate of drug-likeness (QED) is 0.642. The highest BCUT2D eigenvalue weighted by molar-refractivity contribution is 5.59. The second-order valence-corrected chi connectivity index (χ2v) is 1.78. The fourth-order valence-electron chi connectivity index (χ4n) is 0.580. The summed E-state index contributed by atoms with van der Waals surface area (Å²) in [5, 5.41) is 0. The van der Waals surface area contributed by atoms with Gasteiger partial charge in [0.05, 0.1) is 6.26 Å². The summed E-state index contributed by atoms with van der Waals surface area (Å²) in [7, 11) is 0. The van der Waals surface area contributed by atoms with E-state index in [0.717, 1.165) is 11.3 Å². The van der Waals surface area contributed by atoms with Gasteiger partial charge in [0, 0.05) is 12.1 Å². The third-order valence-electron chi connectivity index (χ3n) is 1.12. The molecular weight excluding hydrogens is 114 g/mol. The Morgan fingerprint density at radius 2 is 2.56 bits per heavy atom. The molecule has 0 saturated carbocycles. The number of nitrogens with two attached hydrogens (primary N) is 1. The first-order chi connectivity index (χ1) is 4.34. The van der Waals surface area contributed by atoms with Crippen LogP contribution < -0.4 is 5.73 Å². The Morgan fingerprint density at radius 1 is 1.78 bits per heavy atom. The molecule has 0 spiro atoms. The molecule has 48 valence electrons. The topological polar surface area (TPSA) is 39.2 Å². The van der Waals surface area contributed by atoms with Crippen molar-refractivity contribution in [1.82, 2.24) is 0 Å². The van der Waals surface area contributed by atoms with Gasteiger partial charge in [0.2, 0.25) is 0 Å². The van der Waals surface area contributed by atoms with Crippen molar-refractivity contribution < 1.29 is 4.42 Å². The zero-order chi connectivity index (χ0) is 6.69. The van der Waals surface area contributed by atoms with Crippen molar-refractivity contribution in [2.75, 3.05) is 6.54 Å². The third kappa shape index (κ3) is 1.21. The Morgan fingerprint density at radius 3 is 3.00 bits per heavy atom. The molecule has 0 radical (unpaired) electrons. The maximum Gasteiger partial charge on any atom is 0.130 e. The van der Waals surface area contributed by atoms with Crippen LogP contribution in [0.25, 0.3) is 5.57 Å². The molecule has 0 unspecified atom stereocenters. The summed E-state index contributed by atoms with van der Waals surface area (Å²) in [6.45, 7) is 4.15. The van der Waals surface area contributed by atoms with E-state index in [-0.39, 0.29) is 0 Å². The molecule has 9 heavy (non-hydrogen) atoms. The van der Waals surface area contributed by atoms with Crippen molar-refractivity contribution in [3.8, 4) is 0 Å². The third-order valence-corrected chi connectivity index (χ3v) is 1.12. The van der Waals surface area contributed by atoms with E-state index < -0.39 is 0 Å². The van der Waals surface area contributed by atoms with Crippen LogP contribution in [0.2, 0.25) is 0 Å². The highest BCUT2D eigenvalue weighted by Gasteiger charge is 1.96. The maximum absolute atomic E-state index is 5.30. The van der Waals surface area contributed by atoms with E-state index in [9.17, 15) is 0 Å². The van der Waals surface area contributed by atoms with Gasteiger partial charge in [-0.25, -0.2) is 0 Å². The van der Waals surface area contributed by atoms with Gasteiger partial charge in [0.25, 0.3) is 0 Å². The highest BCUT2D eigenvalue weighted by Crippen LogP contribution is 2.09. The van der Waals surface area contributed by atoms with Crippen molar-refractivity contribution in [1.29, 1.82) is 0 Å². The van der Waals surface area contributed by atoms with Crippen molar-refractivity contribution in [2.24, 2.45) is 5.73 Å². The van der Waals surface area contributed by atoms with E-state index in [1.165, 1.54) is 0 Å². The van der Waals surface area contributed by atoms with Crippen molar-refractivity contribution in [3.63, 3.8) is 0 Å². The van der Waals surface area contributed by atoms with Crippen molar-refractivity contribution in [2.45, 2.75) is 0 Å². The van der Waals surface area contributed by atoms with Crippen LogP contribution >= 0.6 is 0 Å². The number of rotatable bonds is 2. The first-order valence-corrected chi connectivity index (χ1v) is 2.76. The first-order valence-electron chi connectivity index (χ1n) is 2.76. The molecule has 0 aromatic carbocycles. The molecule has 0 atom stereocenters. The standard InChI is InChI=1S/C7H9NO/c1-6(5-8)7-3-2-4-9-7/h2-4H,1,5,8H2. The van der Waals surface area contributed by atoms with Crippen LogP contribution in [0, 0.1) is 0 Å². The summed E-state index contributed by atoms with van der Waals surface area (Å²) < 4.78 is 5.01. The molecule has 0 saturated heterocycles. The zero-order valence-electron chi connectivity index (χ0n) is 5.13. The average molecular weight is 123 g/mol. The number of hydrogen-bond acceptors (Lipinski definition) is 2. The monoisotopic (exact) mass is 123 g/mol. The van der Waals surface area contributed by atoms with E-state index >= 15 is 0 Å². The largest absolute Gasteiger partial charge is 0.465 e. The van der Waals surface area contributed by atoms with Gasteiger partial charge < -0.3 is 10.2 Å². The predicted octanol–water partition coefficient (Wildman–Crippen LogP) is 1.25. The van der Waals surface area contributed by atoms with Gasteiger partial charge in [-0.05, 0) is 12.1 Å². The molecule has 1 aromatic rings. The summed E-state index contributed by atoms with van der Waals surface area (Å²) in [6, 6.07) is 3.66. The molecule has 0 amide bonds. The molecular formula is C7H9NO. The van der Waals surface area contributed by atoms with Crippen LogP contribution in [-0.4, -0.2) is 6.54 Å². The Bertz CT molecular complexity index is 189. The van der Waals surface area contributed by atoms with Gasteiger partial charge in [-0.2, -0.15) is 0 Å². The second-order valence-electron chi connectivity index (χ2n) is 1.78.